The van der Waals surface area contributed by atoms with Gasteiger partial charge in [-0.2, -0.15) is 5.11 Å². The molecule has 2 aromatic carbocycles. The van der Waals surface area contributed by atoms with Gasteiger partial charge in [0.2, 0.25) is 0 Å². The van der Waals surface area contributed by atoms with Gasteiger partial charge in [-0.1, -0.05) is 23.7 Å². The molecule has 0 aliphatic carbocycles. The van der Waals surface area contributed by atoms with E-state index in [0.29, 0.717) is 17.2 Å². The zero-order valence-electron chi connectivity index (χ0n) is 15.9. The maximum absolute atomic E-state index is 12.4. The molecule has 0 aliphatic rings. The van der Waals surface area contributed by atoms with Crippen LogP contribution in [0.4, 0.5) is 0 Å². The maximum atomic E-state index is 12.4. The van der Waals surface area contributed by atoms with E-state index in [1.165, 1.54) is 7.11 Å². The number of allylic oxidation sites excluding steroid dienone is 1. The minimum absolute atomic E-state index is 0.180. The summed E-state index contributed by atoms with van der Waals surface area (Å²) in [5.74, 6) is -0.381. The lowest BCUT2D eigenvalue weighted by molar-refractivity contribution is -0.136. The number of hydrogen-bond donors (Lipinski definition) is 0. The molecule has 0 saturated carbocycles. The smallest absolute Gasteiger partial charge is 0.358 e. The summed E-state index contributed by atoms with van der Waals surface area (Å²) < 4.78 is 10.1. The normalized spacial score (nSPS) is 12.6. The Balaban J connectivity index is 2.19. The summed E-state index contributed by atoms with van der Waals surface area (Å²) >= 11 is 5.82. The van der Waals surface area contributed by atoms with Gasteiger partial charge < -0.3 is 9.47 Å². The Bertz CT molecular complexity index is 874. The van der Waals surface area contributed by atoms with Crippen molar-refractivity contribution in [3.05, 3.63) is 76.5 Å². The molecule has 1 atom stereocenters. The molecule has 0 radical (unpaired) electrons. The van der Waals surface area contributed by atoms with Gasteiger partial charge in [-0.15, -0.1) is 5.11 Å². The molecule has 0 saturated heterocycles. The first-order valence-electron chi connectivity index (χ1n) is 8.68. The van der Waals surface area contributed by atoms with E-state index in [2.05, 4.69) is 10.2 Å². The maximum Gasteiger partial charge on any atom is 0.358 e. The number of carbonyl (C=O) groups excluding carboxylic acids is 2. The molecule has 0 aliphatic heterocycles. The van der Waals surface area contributed by atoms with E-state index in [-0.39, 0.29) is 11.7 Å². The Hall–Kier alpha value is -2.99. The van der Waals surface area contributed by atoms with E-state index >= 15 is 0 Å². The van der Waals surface area contributed by atoms with E-state index < -0.39 is 11.8 Å². The summed E-state index contributed by atoms with van der Waals surface area (Å²) in [4.78, 5) is 24.3. The molecule has 0 spiro atoms. The number of carbonyl (C=O) groups is 2. The van der Waals surface area contributed by atoms with Gasteiger partial charge in [-0.3, -0.25) is 4.79 Å². The SMILES string of the molecule is CCOc1ccc(C(C)N=NC(=CC(=O)c2ccc(Cl)cc2)C(=O)OC)cc1. The number of rotatable bonds is 8. The standard InChI is InChI=1S/C21H21ClN2O4/c1-4-28-18-11-7-15(8-12-18)14(2)23-24-19(21(26)27-3)13-20(25)16-5-9-17(22)10-6-16/h5-14H,4H2,1-3H3. The summed E-state index contributed by atoms with van der Waals surface area (Å²) in [7, 11) is 1.22. The first-order chi connectivity index (χ1) is 13.4. The fourth-order valence-electron chi connectivity index (χ4n) is 2.28. The molecular formula is C21H21ClN2O4. The highest BCUT2D eigenvalue weighted by atomic mass is 35.5. The number of ketones is 1. The van der Waals surface area contributed by atoms with Crippen molar-refractivity contribution in [2.45, 2.75) is 19.9 Å². The van der Waals surface area contributed by atoms with Crippen LogP contribution < -0.4 is 4.74 Å². The average Bonchev–Trinajstić information content (AvgIpc) is 2.71. The number of ether oxygens (including phenoxy) is 2. The predicted octanol–water partition coefficient (Wildman–Crippen LogP) is 5.19. The molecule has 1 unspecified atom stereocenters. The number of methoxy groups -OCH3 is 1. The van der Waals surface area contributed by atoms with Crippen LogP contribution in [0.5, 0.6) is 5.75 Å². The fraction of sp³-hybridized carbons (Fsp3) is 0.238. The van der Waals surface area contributed by atoms with Crippen LogP contribution >= 0.6 is 11.6 Å². The highest BCUT2D eigenvalue weighted by Crippen LogP contribution is 2.21. The van der Waals surface area contributed by atoms with Crippen molar-refractivity contribution in [2.24, 2.45) is 10.2 Å². The number of esters is 1. The van der Waals surface area contributed by atoms with Crippen LogP contribution in [-0.2, 0) is 9.53 Å². The Kier molecular flexibility index (Phi) is 7.89. The lowest BCUT2D eigenvalue weighted by Gasteiger charge is -2.08. The largest absolute Gasteiger partial charge is 0.494 e. The van der Waals surface area contributed by atoms with Crippen LogP contribution in [0.1, 0.15) is 35.8 Å². The third-order valence-corrected chi connectivity index (χ3v) is 4.06. The number of nitrogens with zero attached hydrogens (tertiary/aromatic N) is 2. The molecule has 28 heavy (non-hydrogen) atoms. The highest BCUT2D eigenvalue weighted by molar-refractivity contribution is 6.30. The molecule has 7 heteroatoms. The van der Waals surface area contributed by atoms with Gasteiger partial charge in [0.25, 0.3) is 0 Å². The zero-order valence-corrected chi connectivity index (χ0v) is 16.6. The van der Waals surface area contributed by atoms with Crippen LogP contribution in [-0.4, -0.2) is 25.5 Å². The van der Waals surface area contributed by atoms with E-state index in [0.717, 1.165) is 17.4 Å². The van der Waals surface area contributed by atoms with Gasteiger partial charge in [0.15, 0.2) is 11.5 Å². The topological polar surface area (TPSA) is 77.3 Å². The van der Waals surface area contributed by atoms with E-state index in [4.69, 9.17) is 21.1 Å². The first-order valence-corrected chi connectivity index (χ1v) is 9.06. The number of benzene rings is 2. The minimum atomic E-state index is -0.745. The molecule has 0 bridgehead atoms. The monoisotopic (exact) mass is 400 g/mol. The van der Waals surface area contributed by atoms with Crippen molar-refractivity contribution in [3.8, 4) is 5.75 Å². The molecule has 0 heterocycles. The Morgan fingerprint density at radius 1 is 1.11 bits per heavy atom. The fourth-order valence-corrected chi connectivity index (χ4v) is 2.41. The van der Waals surface area contributed by atoms with Crippen molar-refractivity contribution < 1.29 is 19.1 Å². The van der Waals surface area contributed by atoms with E-state index in [1.54, 1.807) is 24.3 Å². The number of halogens is 1. The van der Waals surface area contributed by atoms with E-state index in [9.17, 15) is 9.59 Å². The van der Waals surface area contributed by atoms with E-state index in [1.807, 2.05) is 38.1 Å². The van der Waals surface area contributed by atoms with Crippen LogP contribution in [0.3, 0.4) is 0 Å². The zero-order chi connectivity index (χ0) is 20.5. The lowest BCUT2D eigenvalue weighted by atomic mass is 10.1. The molecule has 6 nitrogen and oxygen atoms in total. The summed E-state index contributed by atoms with van der Waals surface area (Å²) in [6.45, 7) is 4.33. The predicted molar refractivity (Wildman–Crippen MR) is 107 cm³/mol. The van der Waals surface area contributed by atoms with Gasteiger partial charge in [0.1, 0.15) is 5.75 Å². The second-order valence-electron chi connectivity index (χ2n) is 5.79. The van der Waals surface area contributed by atoms with Crippen molar-refractivity contribution in [2.75, 3.05) is 13.7 Å². The molecule has 2 rings (SSSR count). The third-order valence-electron chi connectivity index (χ3n) is 3.80. The summed E-state index contributed by atoms with van der Waals surface area (Å²) in [6.07, 6.45) is 1.10. The minimum Gasteiger partial charge on any atom is -0.494 e. The average molecular weight is 401 g/mol. The highest BCUT2D eigenvalue weighted by Gasteiger charge is 2.14. The summed E-state index contributed by atoms with van der Waals surface area (Å²) in [5.41, 5.74) is 1.08. The Morgan fingerprint density at radius 3 is 2.32 bits per heavy atom. The second kappa shape index (κ2) is 10.4. The van der Waals surface area contributed by atoms with Crippen molar-refractivity contribution in [1.29, 1.82) is 0 Å². The van der Waals surface area contributed by atoms with Gasteiger partial charge in [0, 0.05) is 16.7 Å². The summed E-state index contributed by atoms with van der Waals surface area (Å²) in [5, 5.41) is 8.60. The van der Waals surface area contributed by atoms with Crippen molar-refractivity contribution in [1.82, 2.24) is 0 Å². The summed E-state index contributed by atoms with van der Waals surface area (Å²) in [6, 6.07) is 13.4. The Labute approximate surface area is 168 Å². The van der Waals surface area contributed by atoms with Crippen LogP contribution in [0.25, 0.3) is 0 Å². The van der Waals surface area contributed by atoms with Crippen LogP contribution in [0.15, 0.2) is 70.5 Å². The van der Waals surface area contributed by atoms with Gasteiger partial charge in [-0.25, -0.2) is 4.79 Å². The van der Waals surface area contributed by atoms with Crippen LogP contribution in [0, 0.1) is 0 Å². The molecule has 0 amide bonds. The first kappa shape index (κ1) is 21.3. The number of hydrogen-bond acceptors (Lipinski definition) is 6. The second-order valence-corrected chi connectivity index (χ2v) is 6.22. The Morgan fingerprint density at radius 2 is 1.75 bits per heavy atom. The molecule has 2 aromatic rings. The third kappa shape index (κ3) is 6.03. The van der Waals surface area contributed by atoms with Crippen LogP contribution in [0.2, 0.25) is 5.02 Å². The lowest BCUT2D eigenvalue weighted by Crippen LogP contribution is -2.06. The molecular weight excluding hydrogens is 380 g/mol. The molecule has 146 valence electrons. The molecule has 0 N–H and O–H groups in total. The molecule has 0 fully saturated rings. The molecule has 0 aromatic heterocycles. The van der Waals surface area contributed by atoms with Gasteiger partial charge >= 0.3 is 5.97 Å². The van der Waals surface area contributed by atoms with Gasteiger partial charge in [0.05, 0.1) is 19.8 Å². The van der Waals surface area contributed by atoms with Crippen molar-refractivity contribution >= 4 is 23.4 Å². The number of azo groups is 1. The van der Waals surface area contributed by atoms with Gasteiger partial charge in [-0.05, 0) is 55.8 Å². The quantitative estimate of drug-likeness (QED) is 0.264. The van der Waals surface area contributed by atoms with Crippen molar-refractivity contribution in [3.63, 3.8) is 0 Å².